The summed E-state index contributed by atoms with van der Waals surface area (Å²) < 4.78 is 71.7. The van der Waals surface area contributed by atoms with E-state index in [4.69, 9.17) is 0 Å². The maximum Gasteiger partial charge on any atom is 0.336 e. The molecule has 0 heterocycles. The minimum Gasteiger partial charge on any atom is -0.195 e. The summed E-state index contributed by atoms with van der Waals surface area (Å²) in [5.74, 6) is 0. The molecule has 0 amide bonds. The molecular weight excluding hydrogens is 448 g/mol. The molecule has 0 spiro atoms. The molecule has 0 unspecified atom stereocenters. The van der Waals surface area contributed by atoms with Gasteiger partial charge in [0.1, 0.15) is 9.79 Å². The van der Waals surface area contributed by atoms with Crippen molar-refractivity contribution < 1.29 is 28.3 Å². The minimum atomic E-state index is -4.57. The van der Waals surface area contributed by atoms with Crippen molar-refractivity contribution in [2.45, 2.75) is 9.79 Å². The first-order valence-electron chi connectivity index (χ1n) is 8.55. The molecule has 0 bridgehead atoms. The van der Waals surface area contributed by atoms with E-state index in [-0.39, 0.29) is 9.79 Å². The van der Waals surface area contributed by atoms with Crippen LogP contribution in [0.3, 0.4) is 0 Å². The summed E-state index contributed by atoms with van der Waals surface area (Å²) in [5, 5.41) is 1.93. The van der Waals surface area contributed by atoms with E-state index in [0.717, 1.165) is 0 Å². The van der Waals surface area contributed by atoms with Crippen LogP contribution in [0.15, 0.2) is 94.7 Å². The van der Waals surface area contributed by atoms with E-state index in [0.29, 0.717) is 21.5 Å². The Bertz CT molecular complexity index is 1370. The number of hydrogen-bond donors (Lipinski definition) is 0. The van der Waals surface area contributed by atoms with E-state index in [2.05, 4.69) is 7.26 Å². The summed E-state index contributed by atoms with van der Waals surface area (Å²) in [6.07, 6.45) is 0. The second-order valence-electron chi connectivity index (χ2n) is 6.20. The van der Waals surface area contributed by atoms with Crippen molar-refractivity contribution >= 4 is 53.1 Å². The zero-order valence-corrected chi connectivity index (χ0v) is 17.6. The minimum absolute atomic E-state index is 0.250. The fraction of sp³-hybridized carbons (Fsp3) is 0. The Morgan fingerprint density at radius 1 is 0.533 bits per heavy atom. The molecule has 0 aliphatic heterocycles. The molecule has 0 saturated carbocycles. The molecule has 4 aromatic rings. The average molecular weight is 463 g/mol. The first-order chi connectivity index (χ1) is 14.3. The summed E-state index contributed by atoms with van der Waals surface area (Å²) >= 11 is -3.12. The number of hydrogen-bond acceptors (Lipinski definition) is 7. The van der Waals surface area contributed by atoms with Crippen molar-refractivity contribution in [1.29, 1.82) is 0 Å². The highest BCUT2D eigenvalue weighted by Gasteiger charge is 2.28. The Morgan fingerprint density at radius 3 is 1.33 bits per heavy atom. The molecule has 154 valence electrons. The molecule has 4 aromatic carbocycles. The van der Waals surface area contributed by atoms with Gasteiger partial charge in [0.2, 0.25) is 0 Å². The monoisotopic (exact) mass is 462 g/mol. The first kappa shape index (κ1) is 20.6. The highest BCUT2D eigenvalue weighted by atomic mass is 32.3. The third kappa shape index (κ3) is 4.00. The quantitative estimate of drug-likeness (QED) is 0.430. The molecule has 0 radical (unpaired) electrons. The Labute approximate surface area is 176 Å². The van der Waals surface area contributed by atoms with Gasteiger partial charge < -0.3 is 0 Å². The normalized spacial score (nSPS) is 12.6. The lowest BCUT2D eigenvalue weighted by Gasteiger charge is -2.09. The van der Waals surface area contributed by atoms with Crippen LogP contribution in [0.2, 0.25) is 0 Å². The molecule has 4 rings (SSSR count). The standard InChI is InChI=1S/C20H14O7S3/c21-28(26-29(22,23)19-13-5-9-15-7-1-3-11-17(15)19)27-30(24,25)20-14-6-10-16-8-2-4-12-18(16)20/h1-14H. The van der Waals surface area contributed by atoms with Gasteiger partial charge in [0, 0.05) is 10.8 Å². The zero-order chi connectivity index (χ0) is 21.4. The second kappa shape index (κ2) is 7.89. The van der Waals surface area contributed by atoms with E-state index in [1.54, 1.807) is 60.7 Å². The van der Waals surface area contributed by atoms with Crippen LogP contribution in [0.1, 0.15) is 0 Å². The third-order valence-electron chi connectivity index (χ3n) is 4.33. The zero-order valence-electron chi connectivity index (χ0n) is 15.2. The number of rotatable bonds is 6. The molecule has 0 fully saturated rings. The first-order valence-corrected chi connectivity index (χ1v) is 12.4. The van der Waals surface area contributed by atoms with Gasteiger partial charge in [-0.15, -0.1) is 7.26 Å². The van der Waals surface area contributed by atoms with Crippen LogP contribution >= 0.6 is 0 Å². The predicted octanol–water partition coefficient (Wildman–Crippen LogP) is 3.68. The Morgan fingerprint density at radius 2 is 0.900 bits per heavy atom. The molecule has 0 aliphatic rings. The van der Waals surface area contributed by atoms with Crippen molar-refractivity contribution in [3.63, 3.8) is 0 Å². The van der Waals surface area contributed by atoms with Crippen molar-refractivity contribution in [1.82, 2.24) is 0 Å². The number of benzene rings is 4. The molecule has 0 atom stereocenters. The fourth-order valence-corrected chi connectivity index (χ4v) is 6.51. The van der Waals surface area contributed by atoms with Crippen LogP contribution in [0, 0.1) is 0 Å². The second-order valence-corrected chi connectivity index (χ2v) is 10.4. The van der Waals surface area contributed by atoms with Gasteiger partial charge in [0.15, 0.2) is 0 Å². The Balaban J connectivity index is 1.64. The molecule has 0 aromatic heterocycles. The molecule has 0 saturated heterocycles. The van der Waals surface area contributed by atoms with Gasteiger partial charge >= 0.3 is 31.6 Å². The van der Waals surface area contributed by atoms with Gasteiger partial charge in [-0.05, 0) is 22.9 Å². The fourth-order valence-electron chi connectivity index (χ4n) is 3.06. The lowest BCUT2D eigenvalue weighted by atomic mass is 10.1. The maximum atomic E-state index is 12.6. The summed E-state index contributed by atoms with van der Waals surface area (Å²) in [7, 11) is -9.15. The van der Waals surface area contributed by atoms with E-state index >= 15 is 0 Å². The summed E-state index contributed by atoms with van der Waals surface area (Å²) in [4.78, 5) is -0.500. The lowest BCUT2D eigenvalue weighted by molar-refractivity contribution is 0.437. The van der Waals surface area contributed by atoms with E-state index in [1.165, 1.54) is 24.3 Å². The molecule has 0 N–H and O–H groups in total. The van der Waals surface area contributed by atoms with Gasteiger partial charge in [-0.2, -0.15) is 21.0 Å². The van der Waals surface area contributed by atoms with Gasteiger partial charge in [0.05, 0.1) is 0 Å². The number of fused-ring (bicyclic) bond motifs is 2. The SMILES string of the molecule is O=S(OS(=O)(=O)c1cccc2ccccc12)OS(=O)(=O)c1cccc2ccccc12. The Kier molecular flexibility index (Phi) is 5.43. The van der Waals surface area contributed by atoms with Gasteiger partial charge in [-0.3, -0.25) is 0 Å². The van der Waals surface area contributed by atoms with Crippen LogP contribution in [0.4, 0.5) is 0 Å². The van der Waals surface area contributed by atoms with Crippen LogP contribution in [-0.4, -0.2) is 21.0 Å². The van der Waals surface area contributed by atoms with Crippen molar-refractivity contribution in [3.8, 4) is 0 Å². The van der Waals surface area contributed by atoms with E-state index in [1.807, 2.05) is 0 Å². The average Bonchev–Trinajstić information content (AvgIpc) is 2.72. The van der Waals surface area contributed by atoms with Gasteiger partial charge in [-0.1, -0.05) is 72.8 Å². The largest absolute Gasteiger partial charge is 0.336 e. The molecule has 7 nitrogen and oxygen atoms in total. The predicted molar refractivity (Wildman–Crippen MR) is 113 cm³/mol. The highest BCUT2D eigenvalue weighted by Crippen LogP contribution is 2.27. The van der Waals surface area contributed by atoms with Crippen molar-refractivity contribution in [2.24, 2.45) is 0 Å². The molecule has 10 heteroatoms. The summed E-state index contributed by atoms with van der Waals surface area (Å²) in [6, 6.07) is 22.2. The van der Waals surface area contributed by atoms with Crippen LogP contribution in [0.25, 0.3) is 21.5 Å². The topological polar surface area (TPSA) is 104 Å². The van der Waals surface area contributed by atoms with Crippen LogP contribution < -0.4 is 0 Å². The summed E-state index contributed by atoms with van der Waals surface area (Å²) in [5.41, 5.74) is 0. The smallest absolute Gasteiger partial charge is 0.195 e. The van der Waals surface area contributed by atoms with Crippen LogP contribution in [-0.2, 0) is 38.9 Å². The highest BCUT2D eigenvalue weighted by molar-refractivity contribution is 8.00. The van der Waals surface area contributed by atoms with E-state index in [9.17, 15) is 21.0 Å². The molecule has 30 heavy (non-hydrogen) atoms. The third-order valence-corrected chi connectivity index (χ3v) is 8.44. The van der Waals surface area contributed by atoms with Gasteiger partial charge in [0.25, 0.3) is 0 Å². The molecule has 0 aliphatic carbocycles. The summed E-state index contributed by atoms with van der Waals surface area (Å²) in [6.45, 7) is 0. The Hall–Kier alpha value is -2.63. The van der Waals surface area contributed by atoms with E-state index < -0.39 is 31.6 Å². The maximum absolute atomic E-state index is 12.6. The lowest BCUT2D eigenvalue weighted by Crippen LogP contribution is -2.15. The van der Waals surface area contributed by atoms with Crippen molar-refractivity contribution in [2.75, 3.05) is 0 Å². The van der Waals surface area contributed by atoms with Crippen molar-refractivity contribution in [3.05, 3.63) is 84.9 Å². The van der Waals surface area contributed by atoms with Gasteiger partial charge in [-0.25, -0.2) is 0 Å². The molecular formula is C20H14O7S3. The van der Waals surface area contributed by atoms with Crippen LogP contribution in [0.5, 0.6) is 0 Å².